The second kappa shape index (κ2) is 6.10. The van der Waals surface area contributed by atoms with Gasteiger partial charge in [-0.1, -0.05) is 86.1 Å². The lowest BCUT2D eigenvalue weighted by molar-refractivity contribution is 0.474. The quantitative estimate of drug-likeness (QED) is 0.623. The molecule has 0 fully saturated rings. The number of benzene rings is 3. The van der Waals surface area contributed by atoms with Gasteiger partial charge in [0.15, 0.2) is 0 Å². The van der Waals surface area contributed by atoms with Gasteiger partial charge in [-0.3, -0.25) is 0 Å². The third kappa shape index (κ3) is 2.97. The van der Waals surface area contributed by atoms with Crippen molar-refractivity contribution in [3.63, 3.8) is 0 Å². The van der Waals surface area contributed by atoms with Gasteiger partial charge < -0.3 is 5.11 Å². The second-order valence-electron chi connectivity index (χ2n) is 6.20. The van der Waals surface area contributed by atoms with E-state index in [4.69, 9.17) is 11.6 Å². The Balaban J connectivity index is 2.15. The summed E-state index contributed by atoms with van der Waals surface area (Å²) < 4.78 is 0. The van der Waals surface area contributed by atoms with E-state index < -0.39 is 0 Å². The van der Waals surface area contributed by atoms with Crippen LogP contribution >= 0.6 is 11.6 Å². The summed E-state index contributed by atoms with van der Waals surface area (Å²) >= 11 is 6.11. The fourth-order valence-corrected chi connectivity index (χ4v) is 3.13. The summed E-state index contributed by atoms with van der Waals surface area (Å²) in [5, 5.41) is 10.1. The fraction of sp³-hybridized carbons (Fsp3) is 0.143. The van der Waals surface area contributed by atoms with Crippen LogP contribution in [0.4, 0.5) is 0 Å². The Morgan fingerprint density at radius 2 is 1.48 bits per heavy atom. The van der Waals surface area contributed by atoms with E-state index >= 15 is 0 Å². The van der Waals surface area contributed by atoms with Gasteiger partial charge in [-0.2, -0.15) is 0 Å². The van der Waals surface area contributed by atoms with Gasteiger partial charge in [0.1, 0.15) is 5.75 Å². The molecule has 23 heavy (non-hydrogen) atoms. The first-order chi connectivity index (χ1) is 11.0. The summed E-state index contributed by atoms with van der Waals surface area (Å²) in [5.74, 6) is 0.113. The molecule has 0 amide bonds. The van der Waals surface area contributed by atoms with Crippen LogP contribution in [0, 0.1) is 0 Å². The van der Waals surface area contributed by atoms with Gasteiger partial charge in [0, 0.05) is 5.41 Å². The maximum absolute atomic E-state index is 9.68. The number of aromatic hydroxyl groups is 1. The molecular formula is C21H19ClO. The van der Waals surface area contributed by atoms with Gasteiger partial charge >= 0.3 is 0 Å². The zero-order valence-electron chi connectivity index (χ0n) is 13.3. The molecule has 0 heterocycles. The molecule has 3 rings (SSSR count). The number of phenols is 1. The largest absolute Gasteiger partial charge is 0.506 e. The first-order valence-corrected chi connectivity index (χ1v) is 8.02. The number of phenolic OH excluding ortho intramolecular Hbond substituents is 1. The zero-order chi connectivity index (χ0) is 16.4. The predicted molar refractivity (Wildman–Crippen MR) is 97.1 cm³/mol. The maximum Gasteiger partial charge on any atom is 0.134 e. The van der Waals surface area contributed by atoms with Crippen molar-refractivity contribution in [3.8, 4) is 16.9 Å². The molecule has 116 valence electrons. The molecule has 0 saturated heterocycles. The average molecular weight is 323 g/mol. The van der Waals surface area contributed by atoms with Gasteiger partial charge in [-0.25, -0.2) is 0 Å². The maximum atomic E-state index is 9.68. The van der Waals surface area contributed by atoms with Crippen LogP contribution in [-0.2, 0) is 5.41 Å². The fourth-order valence-electron chi connectivity index (χ4n) is 2.95. The molecule has 0 aliphatic carbocycles. The van der Waals surface area contributed by atoms with E-state index in [0.29, 0.717) is 5.02 Å². The Hall–Kier alpha value is -2.25. The van der Waals surface area contributed by atoms with E-state index in [1.807, 2.05) is 18.2 Å². The molecule has 0 bridgehead atoms. The third-order valence-electron chi connectivity index (χ3n) is 4.35. The van der Waals surface area contributed by atoms with Crippen LogP contribution < -0.4 is 0 Å². The van der Waals surface area contributed by atoms with Gasteiger partial charge in [0.2, 0.25) is 0 Å². The highest BCUT2D eigenvalue weighted by Gasteiger charge is 2.26. The van der Waals surface area contributed by atoms with Gasteiger partial charge in [0.05, 0.1) is 5.02 Å². The molecule has 2 heteroatoms. The summed E-state index contributed by atoms with van der Waals surface area (Å²) in [6, 6.07) is 24.2. The van der Waals surface area contributed by atoms with Crippen LogP contribution in [0.2, 0.25) is 5.02 Å². The number of halogens is 1. The highest BCUT2D eigenvalue weighted by molar-refractivity contribution is 6.32. The molecule has 0 spiro atoms. The van der Waals surface area contributed by atoms with Gasteiger partial charge in [0.25, 0.3) is 0 Å². The lowest BCUT2D eigenvalue weighted by Crippen LogP contribution is -2.20. The van der Waals surface area contributed by atoms with Crippen molar-refractivity contribution in [1.82, 2.24) is 0 Å². The van der Waals surface area contributed by atoms with Gasteiger partial charge in [-0.05, 0) is 34.4 Å². The van der Waals surface area contributed by atoms with Crippen LogP contribution in [-0.4, -0.2) is 5.11 Å². The minimum atomic E-state index is -0.232. The molecule has 0 saturated carbocycles. The second-order valence-corrected chi connectivity index (χ2v) is 6.61. The molecule has 0 unspecified atom stereocenters. The van der Waals surface area contributed by atoms with Crippen molar-refractivity contribution in [2.45, 2.75) is 19.3 Å². The molecule has 1 N–H and O–H groups in total. The van der Waals surface area contributed by atoms with E-state index in [9.17, 15) is 5.11 Å². The van der Waals surface area contributed by atoms with E-state index in [0.717, 1.165) is 5.56 Å². The zero-order valence-corrected chi connectivity index (χ0v) is 14.0. The smallest absolute Gasteiger partial charge is 0.134 e. The highest BCUT2D eigenvalue weighted by Crippen LogP contribution is 2.39. The summed E-state index contributed by atoms with van der Waals surface area (Å²) in [4.78, 5) is 0. The predicted octanol–water partition coefficient (Wildman–Crippen LogP) is 6.04. The average Bonchev–Trinajstić information content (AvgIpc) is 2.58. The van der Waals surface area contributed by atoms with E-state index in [1.54, 1.807) is 6.07 Å². The summed E-state index contributed by atoms with van der Waals surface area (Å²) in [6.07, 6.45) is 0. The molecular weight excluding hydrogens is 304 g/mol. The summed E-state index contributed by atoms with van der Waals surface area (Å²) in [5.41, 5.74) is 4.48. The molecule has 0 aliphatic heterocycles. The molecule has 0 aliphatic rings. The molecule has 1 nitrogen and oxygen atoms in total. The van der Waals surface area contributed by atoms with Crippen LogP contribution in [0.1, 0.15) is 25.0 Å². The van der Waals surface area contributed by atoms with E-state index in [-0.39, 0.29) is 11.2 Å². The third-order valence-corrected chi connectivity index (χ3v) is 4.66. The minimum absolute atomic E-state index is 0.113. The number of hydrogen-bond donors (Lipinski definition) is 1. The Bertz CT molecular complexity index is 822. The standard InChI is InChI=1S/C21H19ClO/c1-21(2,16-12-13-20(23)19(22)14-16)18-11-7-6-10-17(18)15-8-4-3-5-9-15/h3-14,23H,1-2H3. The van der Waals surface area contributed by atoms with Crippen LogP contribution in [0.25, 0.3) is 11.1 Å². The molecule has 3 aromatic carbocycles. The molecule has 3 aromatic rings. The van der Waals surface area contributed by atoms with Crippen molar-refractivity contribution in [2.75, 3.05) is 0 Å². The minimum Gasteiger partial charge on any atom is -0.506 e. The van der Waals surface area contributed by atoms with Crippen molar-refractivity contribution in [1.29, 1.82) is 0 Å². The van der Waals surface area contributed by atoms with Crippen molar-refractivity contribution in [2.24, 2.45) is 0 Å². The SMILES string of the molecule is CC(C)(c1ccc(O)c(Cl)c1)c1ccccc1-c1ccccc1. The van der Waals surface area contributed by atoms with E-state index in [2.05, 4.69) is 62.4 Å². The normalized spacial score (nSPS) is 11.4. The first kappa shape index (κ1) is 15.6. The molecule has 0 radical (unpaired) electrons. The molecule has 0 atom stereocenters. The Kier molecular flexibility index (Phi) is 4.14. The monoisotopic (exact) mass is 322 g/mol. The Labute approximate surface area is 142 Å². The number of hydrogen-bond acceptors (Lipinski definition) is 1. The van der Waals surface area contributed by atoms with Crippen LogP contribution in [0.3, 0.4) is 0 Å². The van der Waals surface area contributed by atoms with Crippen molar-refractivity contribution >= 4 is 11.6 Å². The number of rotatable bonds is 3. The first-order valence-electron chi connectivity index (χ1n) is 7.64. The lowest BCUT2D eigenvalue weighted by atomic mass is 9.75. The van der Waals surface area contributed by atoms with Crippen LogP contribution in [0.15, 0.2) is 72.8 Å². The summed E-state index contributed by atoms with van der Waals surface area (Å²) in [6.45, 7) is 4.36. The highest BCUT2D eigenvalue weighted by atomic mass is 35.5. The van der Waals surface area contributed by atoms with Crippen molar-refractivity contribution < 1.29 is 5.11 Å². The van der Waals surface area contributed by atoms with Crippen molar-refractivity contribution in [3.05, 3.63) is 88.9 Å². The summed E-state index contributed by atoms with van der Waals surface area (Å²) in [7, 11) is 0. The Morgan fingerprint density at radius 3 is 2.17 bits per heavy atom. The van der Waals surface area contributed by atoms with Crippen LogP contribution in [0.5, 0.6) is 5.75 Å². The Morgan fingerprint density at radius 1 is 0.826 bits per heavy atom. The van der Waals surface area contributed by atoms with E-state index in [1.165, 1.54) is 16.7 Å². The lowest BCUT2D eigenvalue weighted by Gasteiger charge is -2.29. The molecule has 0 aromatic heterocycles. The topological polar surface area (TPSA) is 20.2 Å². The van der Waals surface area contributed by atoms with Gasteiger partial charge in [-0.15, -0.1) is 0 Å².